The Kier molecular flexibility index (Phi) is 7.71. The first-order valence-corrected chi connectivity index (χ1v) is 13.0. The van der Waals surface area contributed by atoms with Crippen LogP contribution in [-0.2, 0) is 22.5 Å². The maximum absolute atomic E-state index is 11.5. The van der Waals surface area contributed by atoms with Crippen LogP contribution in [0.25, 0.3) is 0 Å². The summed E-state index contributed by atoms with van der Waals surface area (Å²) >= 11 is 3.28. The van der Waals surface area contributed by atoms with E-state index in [2.05, 4.69) is 47.5 Å². The van der Waals surface area contributed by atoms with E-state index in [9.17, 15) is 9.46 Å². The van der Waals surface area contributed by atoms with Gasteiger partial charge in [0.25, 0.3) is 0 Å². The third-order valence-electron chi connectivity index (χ3n) is 3.13. The van der Waals surface area contributed by atoms with E-state index in [-0.39, 0.29) is 0 Å². The summed E-state index contributed by atoms with van der Waals surface area (Å²) in [6, 6.07) is 1.08. The molecule has 0 radical (unpaired) electrons. The zero-order chi connectivity index (χ0) is 16.0. The molecule has 21 heavy (non-hydrogen) atoms. The van der Waals surface area contributed by atoms with Crippen molar-refractivity contribution < 1.29 is 14.2 Å². The maximum atomic E-state index is 11.5. The molecule has 120 valence electrons. The molecule has 0 saturated carbocycles. The quantitative estimate of drug-likeness (QED) is 0.393. The topological polar surface area (TPSA) is 64.3 Å². The van der Waals surface area contributed by atoms with Gasteiger partial charge in [-0.2, -0.15) is 4.89 Å². The summed E-state index contributed by atoms with van der Waals surface area (Å²) in [4.78, 5) is 13.8. The van der Waals surface area contributed by atoms with Gasteiger partial charge in [-0.15, -0.1) is 0 Å². The normalized spacial score (nSPS) is 12.8. The first kappa shape index (κ1) is 19.0. The molecule has 0 bridgehead atoms. The Morgan fingerprint density at radius 2 is 2.10 bits per heavy atom. The SMILES string of the molecule is CCCCc1nc(Br)c([P+](=O)O)n1COCC[Si](C)(C)C. The highest BCUT2D eigenvalue weighted by molar-refractivity contribution is 9.10. The Morgan fingerprint density at radius 1 is 1.43 bits per heavy atom. The number of aromatic nitrogens is 2. The van der Waals surface area contributed by atoms with Gasteiger partial charge in [0.05, 0.1) is 0 Å². The number of imidazole rings is 1. The molecule has 8 heteroatoms. The Morgan fingerprint density at radius 3 is 2.62 bits per heavy atom. The lowest BCUT2D eigenvalue weighted by Crippen LogP contribution is -2.24. The third-order valence-corrected chi connectivity index (χ3v) is 6.51. The van der Waals surface area contributed by atoms with Gasteiger partial charge in [0.15, 0.2) is 4.60 Å². The molecule has 1 N–H and O–H groups in total. The zero-order valence-corrected chi connectivity index (χ0v) is 16.7. The van der Waals surface area contributed by atoms with Crippen LogP contribution in [0, 0.1) is 0 Å². The lowest BCUT2D eigenvalue weighted by Gasteiger charge is -2.15. The molecule has 1 atom stereocenters. The molecule has 1 heterocycles. The summed E-state index contributed by atoms with van der Waals surface area (Å²) in [5, 5.41) is 0. The number of hydrogen-bond acceptors (Lipinski definition) is 3. The fourth-order valence-corrected chi connectivity index (χ4v) is 4.05. The van der Waals surface area contributed by atoms with E-state index >= 15 is 0 Å². The van der Waals surface area contributed by atoms with E-state index < -0.39 is 16.1 Å². The molecule has 0 fully saturated rings. The Labute approximate surface area is 137 Å². The van der Waals surface area contributed by atoms with Crippen LogP contribution in [0.5, 0.6) is 0 Å². The second-order valence-corrected chi connectivity index (χ2v) is 13.6. The van der Waals surface area contributed by atoms with Gasteiger partial charge in [-0.1, -0.05) is 33.0 Å². The van der Waals surface area contributed by atoms with Crippen LogP contribution in [0.1, 0.15) is 25.6 Å². The molecule has 1 unspecified atom stereocenters. The lowest BCUT2D eigenvalue weighted by atomic mass is 10.2. The van der Waals surface area contributed by atoms with Crippen LogP contribution < -0.4 is 5.44 Å². The number of hydrogen-bond donors (Lipinski definition) is 1. The average molecular weight is 396 g/mol. The number of unbranched alkanes of at least 4 members (excludes halogenated alkanes) is 1. The van der Waals surface area contributed by atoms with Gasteiger partial charge in [-0.25, -0.2) is 4.98 Å². The fraction of sp³-hybridized carbons (Fsp3) is 0.769. The summed E-state index contributed by atoms with van der Waals surface area (Å²) in [5.41, 5.74) is 0.323. The largest absolute Gasteiger partial charge is 0.568 e. The average Bonchev–Trinajstić information content (AvgIpc) is 2.67. The molecule has 0 aliphatic carbocycles. The second kappa shape index (κ2) is 8.53. The summed E-state index contributed by atoms with van der Waals surface area (Å²) in [6.07, 6.45) is 2.84. The van der Waals surface area contributed by atoms with Crippen molar-refractivity contribution in [1.29, 1.82) is 0 Å². The molecule has 0 amide bonds. The predicted molar refractivity (Wildman–Crippen MR) is 92.1 cm³/mol. The first-order chi connectivity index (χ1) is 9.76. The highest BCUT2D eigenvalue weighted by Crippen LogP contribution is 2.22. The van der Waals surface area contributed by atoms with Crippen molar-refractivity contribution in [1.82, 2.24) is 9.55 Å². The van der Waals surface area contributed by atoms with Crippen molar-refractivity contribution in [2.75, 3.05) is 6.61 Å². The monoisotopic (exact) mass is 395 g/mol. The number of nitrogens with zero attached hydrogens (tertiary/aromatic N) is 2. The highest BCUT2D eigenvalue weighted by atomic mass is 79.9. The Balaban J connectivity index is 2.79. The van der Waals surface area contributed by atoms with Gasteiger partial charge in [0.2, 0.25) is 0 Å². The summed E-state index contributed by atoms with van der Waals surface area (Å²) in [6.45, 7) is 9.98. The van der Waals surface area contributed by atoms with Crippen molar-refractivity contribution in [3.8, 4) is 0 Å². The minimum absolute atomic E-state index is 0.291. The lowest BCUT2D eigenvalue weighted by molar-refractivity contribution is 0.0869. The van der Waals surface area contributed by atoms with Crippen molar-refractivity contribution in [3.63, 3.8) is 0 Å². The highest BCUT2D eigenvalue weighted by Gasteiger charge is 2.31. The number of rotatable bonds is 9. The summed E-state index contributed by atoms with van der Waals surface area (Å²) in [7, 11) is -3.57. The van der Waals surface area contributed by atoms with Gasteiger partial charge in [0.1, 0.15) is 12.6 Å². The van der Waals surface area contributed by atoms with Crippen LogP contribution in [0.2, 0.25) is 25.7 Å². The molecule has 5 nitrogen and oxygen atoms in total. The van der Waals surface area contributed by atoms with Crippen molar-refractivity contribution in [2.24, 2.45) is 0 Å². The molecule has 1 aromatic heterocycles. The van der Waals surface area contributed by atoms with Crippen LogP contribution in [0.3, 0.4) is 0 Å². The molecule has 1 rings (SSSR count). The van der Waals surface area contributed by atoms with E-state index in [0.29, 0.717) is 23.4 Å². The van der Waals surface area contributed by atoms with Crippen LogP contribution >= 0.6 is 24.0 Å². The standard InChI is InChI=1S/C13H24BrN2O3PSi/c1-5-6-7-11-15-12(14)13(20(17)18)16(11)10-19-8-9-21(2,3)4/h5-10H2,1-4H3/p+1. The van der Waals surface area contributed by atoms with Crippen molar-refractivity contribution in [3.05, 3.63) is 10.4 Å². The van der Waals surface area contributed by atoms with Gasteiger partial charge in [-0.3, -0.25) is 4.57 Å². The van der Waals surface area contributed by atoms with Gasteiger partial charge < -0.3 is 4.74 Å². The third kappa shape index (κ3) is 6.28. The summed E-state index contributed by atoms with van der Waals surface area (Å²) < 4.78 is 19.4. The molecular weight excluding hydrogens is 371 g/mol. The van der Waals surface area contributed by atoms with E-state index in [4.69, 9.17) is 4.74 Å². The Bertz CT molecular complexity index is 488. The van der Waals surface area contributed by atoms with Gasteiger partial charge >= 0.3 is 13.5 Å². The fourth-order valence-electron chi connectivity index (χ4n) is 1.84. The Hall–Kier alpha value is -0.0731. The molecule has 0 saturated heterocycles. The van der Waals surface area contributed by atoms with Gasteiger partial charge in [-0.05, 0) is 33.0 Å². The van der Waals surface area contributed by atoms with E-state index in [1.54, 1.807) is 4.57 Å². The number of halogens is 1. The van der Waals surface area contributed by atoms with E-state index in [0.717, 1.165) is 31.1 Å². The van der Waals surface area contributed by atoms with Crippen molar-refractivity contribution >= 4 is 37.5 Å². The van der Waals surface area contributed by atoms with Gasteiger partial charge in [0, 0.05) is 21.1 Å². The zero-order valence-electron chi connectivity index (χ0n) is 13.2. The molecule has 0 aliphatic rings. The number of ether oxygens (including phenoxy) is 1. The smallest absolute Gasteiger partial charge is 0.361 e. The minimum atomic E-state index is -2.44. The van der Waals surface area contributed by atoms with Crippen LogP contribution in [0.15, 0.2) is 4.60 Å². The second-order valence-electron chi connectivity index (χ2n) is 6.29. The molecule has 0 aromatic carbocycles. The number of aryl methyl sites for hydroxylation is 1. The van der Waals surface area contributed by atoms with E-state index in [1.165, 1.54) is 0 Å². The summed E-state index contributed by atoms with van der Waals surface area (Å²) in [5.74, 6) is 0.809. The van der Waals surface area contributed by atoms with Crippen molar-refractivity contribution in [2.45, 2.75) is 58.6 Å². The molecular formula is C13H25BrN2O3PSi+. The molecule has 0 spiro atoms. The minimum Gasteiger partial charge on any atom is -0.361 e. The van der Waals surface area contributed by atoms with E-state index in [1.807, 2.05) is 0 Å². The first-order valence-electron chi connectivity index (χ1n) is 7.25. The predicted octanol–water partition coefficient (Wildman–Crippen LogP) is 3.66. The maximum Gasteiger partial charge on any atom is 0.568 e. The molecule has 0 aliphatic heterocycles. The van der Waals surface area contributed by atoms with Crippen LogP contribution in [-0.4, -0.2) is 29.1 Å². The molecule has 1 aromatic rings. The van der Waals surface area contributed by atoms with Crippen LogP contribution in [0.4, 0.5) is 0 Å².